The number of hydrogen-bond donors (Lipinski definition) is 0. The second-order valence-corrected chi connectivity index (χ2v) is 11.3. The highest BCUT2D eigenvalue weighted by Crippen LogP contribution is 2.39. The van der Waals surface area contributed by atoms with Gasteiger partial charge in [0.25, 0.3) is 0 Å². The maximum atomic E-state index is 15.1. The number of carbonyl (C=O) groups excluding carboxylic acids is 2. The van der Waals surface area contributed by atoms with E-state index >= 15 is 4.39 Å². The molecule has 1 aliphatic rings. The van der Waals surface area contributed by atoms with Crippen LogP contribution < -0.4 is 4.90 Å². The van der Waals surface area contributed by atoms with Crippen LogP contribution in [0.1, 0.15) is 51.5 Å². The fraction of sp³-hybridized carbons (Fsp3) is 0.393. The van der Waals surface area contributed by atoms with Crippen LogP contribution >= 0.6 is 22.9 Å². The van der Waals surface area contributed by atoms with E-state index in [2.05, 4.69) is 4.98 Å². The molecular formula is C28H30ClFN2O3S. The highest BCUT2D eigenvalue weighted by atomic mass is 35.5. The van der Waals surface area contributed by atoms with E-state index in [0.717, 1.165) is 11.1 Å². The molecule has 1 unspecified atom stereocenters. The van der Waals surface area contributed by atoms with Crippen molar-refractivity contribution in [3.05, 3.63) is 70.6 Å². The van der Waals surface area contributed by atoms with Crippen LogP contribution in [0.4, 0.5) is 9.52 Å². The Bertz CT molecular complexity index is 1210. The molecule has 1 aliphatic heterocycles. The maximum absolute atomic E-state index is 15.1. The zero-order valence-electron chi connectivity index (χ0n) is 20.6. The highest BCUT2D eigenvalue weighted by Gasteiger charge is 2.40. The first-order valence-corrected chi connectivity index (χ1v) is 13.3. The summed E-state index contributed by atoms with van der Waals surface area (Å²) >= 11 is 7.61. The molecule has 0 radical (unpaired) electrons. The molecule has 0 spiro atoms. The standard InChI is InChI=1S/C28H30ClFN2O3S/c1-28(2,3)35-25(33)15-22-20(18-9-5-4-6-10-18)14-13-19(30)16-32(26(22)34)27-31-24(17-36-27)21-11-7-8-12-23(21)29/h4-12,17,19-20,22H,13-16H2,1-3H3/t19?,20-,22+/m1/s1. The van der Waals surface area contributed by atoms with Crippen molar-refractivity contribution in [2.24, 2.45) is 5.92 Å². The third-order valence-electron chi connectivity index (χ3n) is 6.15. The van der Waals surface area contributed by atoms with Gasteiger partial charge in [0, 0.05) is 16.0 Å². The summed E-state index contributed by atoms with van der Waals surface area (Å²) in [6.45, 7) is 5.28. The van der Waals surface area contributed by atoms with Gasteiger partial charge in [-0.3, -0.25) is 14.5 Å². The number of benzene rings is 2. The summed E-state index contributed by atoms with van der Waals surface area (Å²) in [5.74, 6) is -1.80. The average molecular weight is 529 g/mol. The Morgan fingerprint density at radius 3 is 2.53 bits per heavy atom. The van der Waals surface area contributed by atoms with E-state index in [9.17, 15) is 9.59 Å². The molecule has 3 atom stereocenters. The summed E-state index contributed by atoms with van der Waals surface area (Å²) in [6.07, 6.45) is -0.570. The summed E-state index contributed by atoms with van der Waals surface area (Å²) < 4.78 is 20.7. The van der Waals surface area contributed by atoms with Gasteiger partial charge in [0.1, 0.15) is 11.8 Å². The largest absolute Gasteiger partial charge is 0.460 e. The van der Waals surface area contributed by atoms with Crippen LogP contribution in [0, 0.1) is 5.92 Å². The van der Waals surface area contributed by atoms with Crippen LogP contribution in [-0.2, 0) is 14.3 Å². The molecule has 1 aromatic heterocycles. The first kappa shape index (κ1) is 26.3. The van der Waals surface area contributed by atoms with Crippen molar-refractivity contribution in [1.29, 1.82) is 0 Å². The fourth-order valence-electron chi connectivity index (χ4n) is 4.56. The van der Waals surface area contributed by atoms with E-state index in [1.165, 1.54) is 16.2 Å². The Morgan fingerprint density at radius 1 is 1.14 bits per heavy atom. The number of esters is 1. The normalized spacial score (nSPS) is 21.1. The van der Waals surface area contributed by atoms with Gasteiger partial charge < -0.3 is 4.74 Å². The van der Waals surface area contributed by atoms with Crippen LogP contribution in [0.5, 0.6) is 0 Å². The van der Waals surface area contributed by atoms with Gasteiger partial charge in [-0.25, -0.2) is 9.37 Å². The number of carbonyl (C=O) groups is 2. The van der Waals surface area contributed by atoms with Crippen LogP contribution in [0.3, 0.4) is 0 Å². The Hall–Kier alpha value is -2.77. The third kappa shape index (κ3) is 6.31. The smallest absolute Gasteiger partial charge is 0.307 e. The number of anilines is 1. The molecule has 1 amide bonds. The molecule has 190 valence electrons. The second-order valence-electron chi connectivity index (χ2n) is 10.0. The molecule has 3 aromatic rings. The van der Waals surface area contributed by atoms with Crippen LogP contribution in [0.25, 0.3) is 11.3 Å². The van der Waals surface area contributed by atoms with Gasteiger partial charge in [-0.2, -0.15) is 0 Å². The van der Waals surface area contributed by atoms with E-state index in [4.69, 9.17) is 16.3 Å². The molecule has 1 fully saturated rings. The Labute approximate surface area is 220 Å². The van der Waals surface area contributed by atoms with E-state index in [1.807, 2.05) is 53.9 Å². The molecule has 5 nitrogen and oxygen atoms in total. The van der Waals surface area contributed by atoms with Gasteiger partial charge in [-0.1, -0.05) is 60.1 Å². The number of aromatic nitrogens is 1. The summed E-state index contributed by atoms with van der Waals surface area (Å²) in [4.78, 5) is 33.0. The van der Waals surface area contributed by atoms with Gasteiger partial charge in [-0.05, 0) is 51.2 Å². The predicted octanol–water partition coefficient (Wildman–Crippen LogP) is 7.06. The molecule has 36 heavy (non-hydrogen) atoms. The van der Waals surface area contributed by atoms with Gasteiger partial charge in [0.2, 0.25) is 5.91 Å². The van der Waals surface area contributed by atoms with E-state index in [1.54, 1.807) is 26.8 Å². The number of halogens is 2. The zero-order valence-corrected chi connectivity index (χ0v) is 22.2. The minimum absolute atomic E-state index is 0.0914. The van der Waals surface area contributed by atoms with Gasteiger partial charge >= 0.3 is 5.97 Å². The maximum Gasteiger partial charge on any atom is 0.307 e. The molecule has 0 saturated carbocycles. The fourth-order valence-corrected chi connectivity index (χ4v) is 5.63. The second kappa shape index (κ2) is 11.1. The van der Waals surface area contributed by atoms with Crippen molar-refractivity contribution in [2.75, 3.05) is 11.4 Å². The molecule has 0 aliphatic carbocycles. The molecule has 1 saturated heterocycles. The lowest BCUT2D eigenvalue weighted by molar-refractivity contribution is -0.157. The summed E-state index contributed by atoms with van der Waals surface area (Å²) in [7, 11) is 0. The number of amides is 1. The molecule has 2 heterocycles. The van der Waals surface area contributed by atoms with Crippen molar-refractivity contribution < 1.29 is 18.7 Å². The molecule has 4 rings (SSSR count). The first-order valence-electron chi connectivity index (χ1n) is 12.0. The van der Waals surface area contributed by atoms with Crippen molar-refractivity contribution in [3.8, 4) is 11.3 Å². The number of alkyl halides is 1. The number of rotatable bonds is 5. The Kier molecular flexibility index (Phi) is 8.10. The minimum Gasteiger partial charge on any atom is -0.460 e. The van der Waals surface area contributed by atoms with E-state index in [-0.39, 0.29) is 31.2 Å². The van der Waals surface area contributed by atoms with Crippen LogP contribution in [0.2, 0.25) is 5.02 Å². The molecule has 2 aromatic carbocycles. The van der Waals surface area contributed by atoms with Gasteiger partial charge in [0.15, 0.2) is 5.13 Å². The molecule has 0 bridgehead atoms. The summed E-state index contributed by atoms with van der Waals surface area (Å²) in [6, 6.07) is 16.9. The number of nitrogens with zero attached hydrogens (tertiary/aromatic N) is 2. The van der Waals surface area contributed by atoms with Crippen molar-refractivity contribution in [1.82, 2.24) is 4.98 Å². The van der Waals surface area contributed by atoms with Crippen LogP contribution in [0.15, 0.2) is 60.0 Å². The number of ether oxygens (including phenoxy) is 1. The Balaban J connectivity index is 1.71. The summed E-state index contributed by atoms with van der Waals surface area (Å²) in [5.41, 5.74) is 1.59. The monoisotopic (exact) mass is 528 g/mol. The highest BCUT2D eigenvalue weighted by molar-refractivity contribution is 7.14. The number of hydrogen-bond acceptors (Lipinski definition) is 5. The first-order chi connectivity index (χ1) is 17.1. The lowest BCUT2D eigenvalue weighted by Gasteiger charge is -2.35. The minimum atomic E-state index is -1.21. The van der Waals surface area contributed by atoms with Gasteiger partial charge in [0.05, 0.1) is 24.6 Å². The SMILES string of the molecule is CC(C)(C)OC(=O)C[C@@H]1C(=O)N(c2nc(-c3ccccc3Cl)cs2)CC(F)CC[C@@H]1c1ccccc1. The summed E-state index contributed by atoms with van der Waals surface area (Å²) in [5, 5.41) is 2.75. The van der Waals surface area contributed by atoms with Crippen molar-refractivity contribution >= 4 is 39.9 Å². The zero-order chi connectivity index (χ0) is 25.9. The Morgan fingerprint density at radius 2 is 1.83 bits per heavy atom. The predicted molar refractivity (Wildman–Crippen MR) is 142 cm³/mol. The van der Waals surface area contributed by atoms with Gasteiger partial charge in [-0.15, -0.1) is 11.3 Å². The quantitative estimate of drug-likeness (QED) is 0.332. The van der Waals surface area contributed by atoms with Crippen molar-refractivity contribution in [2.45, 2.75) is 57.7 Å². The lowest BCUT2D eigenvalue weighted by Crippen LogP contribution is -2.45. The molecule has 0 N–H and O–H groups in total. The lowest BCUT2D eigenvalue weighted by atomic mass is 9.78. The third-order valence-corrected chi connectivity index (χ3v) is 7.34. The van der Waals surface area contributed by atoms with Crippen LogP contribution in [-0.4, -0.2) is 35.2 Å². The molecule has 8 heteroatoms. The topological polar surface area (TPSA) is 59.5 Å². The molecular weight excluding hydrogens is 499 g/mol. The number of thiazole rings is 1. The van der Waals surface area contributed by atoms with E-state index in [0.29, 0.717) is 22.3 Å². The average Bonchev–Trinajstić information content (AvgIpc) is 3.30. The van der Waals surface area contributed by atoms with E-state index < -0.39 is 23.7 Å². The van der Waals surface area contributed by atoms with Crippen molar-refractivity contribution in [3.63, 3.8) is 0 Å².